The van der Waals surface area contributed by atoms with Crippen LogP contribution in [0.4, 0.5) is 0 Å². The van der Waals surface area contributed by atoms with Crippen molar-refractivity contribution in [2.75, 3.05) is 6.61 Å². The summed E-state index contributed by atoms with van der Waals surface area (Å²) in [4.78, 5) is 24.8. The highest BCUT2D eigenvalue weighted by atomic mass is 79.9. The molecule has 0 unspecified atom stereocenters. The third-order valence-corrected chi connectivity index (χ3v) is 4.56. The first kappa shape index (κ1) is 19.9. The summed E-state index contributed by atoms with van der Waals surface area (Å²) >= 11 is 3.36. The van der Waals surface area contributed by atoms with Gasteiger partial charge >= 0.3 is 0 Å². The fourth-order valence-corrected chi connectivity index (χ4v) is 3.09. The van der Waals surface area contributed by atoms with Gasteiger partial charge in [0.1, 0.15) is 12.3 Å². The number of benzene rings is 2. The van der Waals surface area contributed by atoms with E-state index in [4.69, 9.17) is 4.74 Å². The van der Waals surface area contributed by atoms with Gasteiger partial charge in [-0.15, -0.1) is 0 Å². The zero-order chi connectivity index (χ0) is 20.1. The van der Waals surface area contributed by atoms with Crippen LogP contribution in [-0.4, -0.2) is 23.0 Å². The normalized spacial score (nSPS) is 10.9. The first-order valence-electron chi connectivity index (χ1n) is 8.99. The molecular formula is C21H22BrN3O3. The second-order valence-corrected chi connectivity index (χ2v) is 7.77. The van der Waals surface area contributed by atoms with Gasteiger partial charge in [0.25, 0.3) is 11.8 Å². The molecule has 0 bridgehead atoms. The van der Waals surface area contributed by atoms with Crippen molar-refractivity contribution in [1.82, 2.24) is 15.4 Å². The van der Waals surface area contributed by atoms with Gasteiger partial charge in [0.05, 0.1) is 12.2 Å². The maximum atomic E-state index is 12.5. The van der Waals surface area contributed by atoms with Gasteiger partial charge in [-0.1, -0.05) is 48.0 Å². The molecule has 2 N–H and O–H groups in total. The number of halogens is 1. The molecule has 6 nitrogen and oxygen atoms in total. The molecule has 28 heavy (non-hydrogen) atoms. The van der Waals surface area contributed by atoms with E-state index in [0.717, 1.165) is 15.4 Å². The number of rotatable bonds is 6. The highest BCUT2D eigenvalue weighted by molar-refractivity contribution is 9.10. The quantitative estimate of drug-likeness (QED) is 0.567. The van der Waals surface area contributed by atoms with Gasteiger partial charge in [-0.2, -0.15) is 0 Å². The Kier molecular flexibility index (Phi) is 6.36. The fraction of sp³-hybridized carbons (Fsp3) is 0.238. The number of nitrogens with one attached hydrogen (secondary N) is 2. The van der Waals surface area contributed by atoms with Crippen LogP contribution in [0, 0.1) is 5.92 Å². The number of hydrazine groups is 1. The molecule has 1 heterocycles. The first-order valence-corrected chi connectivity index (χ1v) is 9.78. The van der Waals surface area contributed by atoms with Gasteiger partial charge < -0.3 is 9.30 Å². The first-order chi connectivity index (χ1) is 13.4. The number of aromatic nitrogens is 1. The molecule has 0 aliphatic rings. The number of fused-ring (bicyclic) bond motifs is 1. The zero-order valence-electron chi connectivity index (χ0n) is 15.7. The molecule has 7 heteroatoms. The van der Waals surface area contributed by atoms with Gasteiger partial charge in [-0.3, -0.25) is 20.4 Å². The van der Waals surface area contributed by atoms with E-state index in [9.17, 15) is 9.59 Å². The number of hydrogen-bond acceptors (Lipinski definition) is 3. The van der Waals surface area contributed by atoms with E-state index in [1.165, 1.54) is 0 Å². The minimum absolute atomic E-state index is 0.100. The molecule has 0 saturated carbocycles. The van der Waals surface area contributed by atoms with E-state index < -0.39 is 5.91 Å². The number of para-hydroxylation sites is 1. The minimum atomic E-state index is -0.439. The van der Waals surface area contributed by atoms with Crippen LogP contribution in [0.2, 0.25) is 0 Å². The van der Waals surface area contributed by atoms with Crippen LogP contribution in [0.25, 0.3) is 10.9 Å². The number of hydrogen-bond donors (Lipinski definition) is 2. The van der Waals surface area contributed by atoms with Gasteiger partial charge in [-0.25, -0.2) is 0 Å². The van der Waals surface area contributed by atoms with Crippen LogP contribution in [0.5, 0.6) is 5.75 Å². The van der Waals surface area contributed by atoms with Crippen molar-refractivity contribution < 1.29 is 14.3 Å². The van der Waals surface area contributed by atoms with Crippen molar-refractivity contribution in [3.63, 3.8) is 0 Å². The summed E-state index contributed by atoms with van der Waals surface area (Å²) in [5.41, 5.74) is 6.23. The molecule has 1 aromatic heterocycles. The monoisotopic (exact) mass is 443 g/mol. The smallest absolute Gasteiger partial charge is 0.273 e. The van der Waals surface area contributed by atoms with Crippen molar-refractivity contribution in [3.05, 3.63) is 64.8 Å². The molecule has 2 aromatic carbocycles. The standard InChI is InChI=1S/C21H22BrN3O3/c1-14(2)13-28-19-8-7-16(22)11-17(19)21(27)24-23-20(26)12-25-10-9-15-5-3-4-6-18(15)25/h3-11,14H,12-13H2,1-2H3,(H,23,26)(H,24,27). The SMILES string of the molecule is CC(C)COc1ccc(Br)cc1C(=O)NNC(=O)Cn1ccc2ccccc21. The third-order valence-electron chi connectivity index (χ3n) is 4.07. The summed E-state index contributed by atoms with van der Waals surface area (Å²) in [6, 6.07) is 14.9. The fourth-order valence-electron chi connectivity index (χ4n) is 2.73. The molecule has 0 spiro atoms. The number of carbonyl (C=O) groups is 2. The van der Waals surface area contributed by atoms with Crippen molar-refractivity contribution in [2.24, 2.45) is 5.92 Å². The lowest BCUT2D eigenvalue weighted by atomic mass is 10.2. The van der Waals surface area contributed by atoms with Gasteiger partial charge in [-0.05, 0) is 41.6 Å². The van der Waals surface area contributed by atoms with Crippen LogP contribution in [-0.2, 0) is 11.3 Å². The lowest BCUT2D eigenvalue weighted by molar-refractivity contribution is -0.122. The Morgan fingerprint density at radius 2 is 1.89 bits per heavy atom. The maximum Gasteiger partial charge on any atom is 0.273 e. The molecular weight excluding hydrogens is 422 g/mol. The Bertz CT molecular complexity index is 997. The average Bonchev–Trinajstić information content (AvgIpc) is 3.08. The summed E-state index contributed by atoms with van der Waals surface area (Å²) in [5.74, 6) is 0.0378. The van der Waals surface area contributed by atoms with E-state index in [1.54, 1.807) is 12.1 Å². The van der Waals surface area contributed by atoms with Crippen molar-refractivity contribution >= 4 is 38.6 Å². The van der Waals surface area contributed by atoms with Crippen molar-refractivity contribution in [2.45, 2.75) is 20.4 Å². The van der Waals surface area contributed by atoms with Crippen molar-refractivity contribution in [3.8, 4) is 5.75 Å². The van der Waals surface area contributed by atoms with E-state index >= 15 is 0 Å². The van der Waals surface area contributed by atoms with Gasteiger partial charge in [0.2, 0.25) is 0 Å². The Morgan fingerprint density at radius 3 is 2.68 bits per heavy atom. The molecule has 0 aliphatic carbocycles. The van der Waals surface area contributed by atoms with E-state index in [-0.39, 0.29) is 12.5 Å². The molecule has 0 saturated heterocycles. The molecule has 0 aliphatic heterocycles. The molecule has 3 aromatic rings. The van der Waals surface area contributed by atoms with Crippen molar-refractivity contribution in [1.29, 1.82) is 0 Å². The largest absolute Gasteiger partial charge is 0.492 e. The summed E-state index contributed by atoms with van der Waals surface area (Å²) < 4.78 is 8.29. The lowest BCUT2D eigenvalue weighted by Gasteiger charge is -2.14. The summed E-state index contributed by atoms with van der Waals surface area (Å²) in [6.07, 6.45) is 1.85. The molecule has 0 radical (unpaired) electrons. The van der Waals surface area contributed by atoms with Crippen LogP contribution < -0.4 is 15.6 Å². The number of nitrogens with zero attached hydrogens (tertiary/aromatic N) is 1. The molecule has 146 valence electrons. The number of amides is 2. The third kappa shape index (κ3) is 4.92. The molecule has 0 fully saturated rings. The highest BCUT2D eigenvalue weighted by Gasteiger charge is 2.15. The predicted molar refractivity (Wildman–Crippen MR) is 112 cm³/mol. The second-order valence-electron chi connectivity index (χ2n) is 6.85. The van der Waals surface area contributed by atoms with Crippen LogP contribution >= 0.6 is 15.9 Å². The van der Waals surface area contributed by atoms with Gasteiger partial charge in [0.15, 0.2) is 0 Å². The molecule has 2 amide bonds. The average molecular weight is 444 g/mol. The number of ether oxygens (including phenoxy) is 1. The minimum Gasteiger partial charge on any atom is -0.492 e. The van der Waals surface area contributed by atoms with Gasteiger partial charge in [0, 0.05) is 16.2 Å². The van der Waals surface area contributed by atoms with E-state index in [2.05, 4.69) is 26.8 Å². The lowest BCUT2D eigenvalue weighted by Crippen LogP contribution is -2.43. The Labute approximate surface area is 172 Å². The zero-order valence-corrected chi connectivity index (χ0v) is 17.3. The summed E-state index contributed by atoms with van der Waals surface area (Å²) in [6.45, 7) is 4.66. The Morgan fingerprint density at radius 1 is 1.11 bits per heavy atom. The Hall–Kier alpha value is -2.80. The maximum absolute atomic E-state index is 12.5. The predicted octanol–water partition coefficient (Wildman–Crippen LogP) is 3.90. The summed E-state index contributed by atoms with van der Waals surface area (Å²) in [5, 5.41) is 1.06. The second kappa shape index (κ2) is 8.93. The van der Waals surface area contributed by atoms with E-state index in [0.29, 0.717) is 23.8 Å². The van der Waals surface area contributed by atoms with E-state index in [1.807, 2.05) is 61.0 Å². The Balaban J connectivity index is 1.63. The summed E-state index contributed by atoms with van der Waals surface area (Å²) in [7, 11) is 0. The highest BCUT2D eigenvalue weighted by Crippen LogP contribution is 2.23. The van der Waals surface area contributed by atoms with Crippen LogP contribution in [0.1, 0.15) is 24.2 Å². The number of carbonyl (C=O) groups excluding carboxylic acids is 2. The van der Waals surface area contributed by atoms with Crippen LogP contribution in [0.15, 0.2) is 59.2 Å². The van der Waals surface area contributed by atoms with Crippen LogP contribution in [0.3, 0.4) is 0 Å². The molecule has 0 atom stereocenters. The topological polar surface area (TPSA) is 72.4 Å². The molecule has 3 rings (SSSR count).